The summed E-state index contributed by atoms with van der Waals surface area (Å²) >= 11 is 3.54. The summed E-state index contributed by atoms with van der Waals surface area (Å²) in [6.07, 6.45) is 7.49. The largest absolute Gasteiger partial charge is 0.151 e. The fourth-order valence-electron chi connectivity index (χ4n) is 2.24. The Hall–Kier alpha value is -1.48. The highest BCUT2D eigenvalue weighted by atomic mass is 79.9. The van der Waals surface area contributed by atoms with E-state index < -0.39 is 0 Å². The Balaban J connectivity index is 0.000000381. The molecule has 2 aromatic rings. The van der Waals surface area contributed by atoms with E-state index in [0.29, 0.717) is 0 Å². The van der Waals surface area contributed by atoms with Crippen LogP contribution in [0.1, 0.15) is 58.4 Å². The number of halogens is 1. The monoisotopic (exact) mass is 402 g/mol. The third-order valence-corrected chi connectivity index (χ3v) is 4.94. The van der Waals surface area contributed by atoms with Crippen molar-refractivity contribution in [1.29, 1.82) is 0 Å². The van der Waals surface area contributed by atoms with E-state index in [2.05, 4.69) is 59.1 Å². The SMILES string of the molecule is CCCC(Br)CC.CCCCc1ccc(N=Nc2ccccc2)cc1. The quantitative estimate of drug-likeness (QED) is 0.312. The maximum absolute atomic E-state index is 4.22. The third kappa shape index (κ3) is 10.2. The lowest BCUT2D eigenvalue weighted by molar-refractivity contribution is 0.730. The first-order valence-electron chi connectivity index (χ1n) is 9.39. The van der Waals surface area contributed by atoms with Crippen LogP contribution in [0, 0.1) is 0 Å². The lowest BCUT2D eigenvalue weighted by Gasteiger charge is -2.00. The van der Waals surface area contributed by atoms with Crippen molar-refractivity contribution in [3.05, 3.63) is 60.2 Å². The predicted octanol–water partition coefficient (Wildman–Crippen LogP) is 8.40. The number of benzene rings is 2. The Morgan fingerprint density at radius 1 is 0.800 bits per heavy atom. The molecule has 1 atom stereocenters. The van der Waals surface area contributed by atoms with Gasteiger partial charge in [0.25, 0.3) is 0 Å². The highest BCUT2D eigenvalue weighted by Crippen LogP contribution is 2.18. The molecule has 2 aromatic carbocycles. The lowest BCUT2D eigenvalue weighted by Crippen LogP contribution is -1.91. The van der Waals surface area contributed by atoms with Crippen molar-refractivity contribution in [2.75, 3.05) is 0 Å². The molecule has 0 aliphatic carbocycles. The molecule has 2 nitrogen and oxygen atoms in total. The van der Waals surface area contributed by atoms with E-state index in [9.17, 15) is 0 Å². The van der Waals surface area contributed by atoms with Crippen LogP contribution in [-0.4, -0.2) is 4.83 Å². The Morgan fingerprint density at radius 2 is 1.40 bits per heavy atom. The van der Waals surface area contributed by atoms with E-state index in [1.165, 1.54) is 37.7 Å². The first-order valence-corrected chi connectivity index (χ1v) is 10.3. The van der Waals surface area contributed by atoms with Crippen LogP contribution >= 0.6 is 15.9 Å². The second-order valence-electron chi connectivity index (χ2n) is 6.10. The first-order chi connectivity index (χ1) is 12.2. The Kier molecular flexibility index (Phi) is 11.9. The van der Waals surface area contributed by atoms with Crippen LogP contribution in [-0.2, 0) is 6.42 Å². The van der Waals surface area contributed by atoms with Crippen LogP contribution < -0.4 is 0 Å². The molecule has 0 saturated heterocycles. The van der Waals surface area contributed by atoms with Crippen LogP contribution in [0.4, 0.5) is 11.4 Å². The topological polar surface area (TPSA) is 24.7 Å². The molecular weight excluding hydrogens is 372 g/mol. The van der Waals surface area contributed by atoms with Crippen molar-refractivity contribution >= 4 is 27.3 Å². The van der Waals surface area contributed by atoms with Gasteiger partial charge in [-0.15, -0.1) is 0 Å². The molecule has 0 N–H and O–H groups in total. The molecule has 0 bridgehead atoms. The summed E-state index contributed by atoms with van der Waals surface area (Å²) in [7, 11) is 0. The molecule has 0 aromatic heterocycles. The zero-order chi connectivity index (χ0) is 18.3. The molecule has 0 radical (unpaired) electrons. The Morgan fingerprint density at radius 3 is 1.88 bits per heavy atom. The highest BCUT2D eigenvalue weighted by molar-refractivity contribution is 9.09. The van der Waals surface area contributed by atoms with Crippen molar-refractivity contribution in [1.82, 2.24) is 0 Å². The maximum Gasteiger partial charge on any atom is 0.0857 e. The molecule has 25 heavy (non-hydrogen) atoms. The molecule has 0 spiro atoms. The minimum Gasteiger partial charge on any atom is -0.151 e. The fourth-order valence-corrected chi connectivity index (χ4v) is 2.70. The van der Waals surface area contributed by atoms with E-state index in [-0.39, 0.29) is 0 Å². The minimum absolute atomic E-state index is 0.762. The van der Waals surface area contributed by atoms with Crippen molar-refractivity contribution in [3.63, 3.8) is 0 Å². The zero-order valence-electron chi connectivity index (χ0n) is 15.8. The van der Waals surface area contributed by atoms with Gasteiger partial charge in [-0.2, -0.15) is 10.2 Å². The molecule has 0 fully saturated rings. The number of hydrogen-bond donors (Lipinski definition) is 0. The van der Waals surface area contributed by atoms with Gasteiger partial charge in [-0.25, -0.2) is 0 Å². The van der Waals surface area contributed by atoms with E-state index >= 15 is 0 Å². The first kappa shape index (κ1) is 21.6. The molecule has 0 amide bonds. The van der Waals surface area contributed by atoms with E-state index in [4.69, 9.17) is 0 Å². The molecule has 3 heteroatoms. The smallest absolute Gasteiger partial charge is 0.0857 e. The second-order valence-corrected chi connectivity index (χ2v) is 7.39. The summed E-state index contributed by atoms with van der Waals surface area (Å²) in [5.74, 6) is 0. The number of aryl methyl sites for hydroxylation is 1. The van der Waals surface area contributed by atoms with Gasteiger partial charge in [0.1, 0.15) is 0 Å². The van der Waals surface area contributed by atoms with Crippen LogP contribution in [0.2, 0.25) is 0 Å². The van der Waals surface area contributed by atoms with E-state index in [1.54, 1.807) is 0 Å². The van der Waals surface area contributed by atoms with Crippen LogP contribution in [0.5, 0.6) is 0 Å². The fraction of sp³-hybridized carbons (Fsp3) is 0.455. The minimum atomic E-state index is 0.762. The number of hydrogen-bond acceptors (Lipinski definition) is 2. The van der Waals surface area contributed by atoms with Gasteiger partial charge in [0.2, 0.25) is 0 Å². The Bertz CT molecular complexity index is 579. The van der Waals surface area contributed by atoms with Crippen LogP contribution in [0.25, 0.3) is 0 Å². The number of unbranched alkanes of at least 4 members (excludes halogenated alkanes) is 1. The van der Waals surface area contributed by atoms with Gasteiger partial charge in [0, 0.05) is 4.83 Å². The van der Waals surface area contributed by atoms with Crippen molar-refractivity contribution in [2.45, 2.75) is 64.1 Å². The van der Waals surface area contributed by atoms with Crippen LogP contribution in [0.15, 0.2) is 64.8 Å². The summed E-state index contributed by atoms with van der Waals surface area (Å²) in [5.41, 5.74) is 3.15. The number of rotatable bonds is 8. The van der Waals surface area contributed by atoms with Gasteiger partial charge in [-0.3, -0.25) is 0 Å². The summed E-state index contributed by atoms with van der Waals surface area (Å²) in [5, 5.41) is 8.42. The Labute approximate surface area is 161 Å². The van der Waals surface area contributed by atoms with Gasteiger partial charge in [0.15, 0.2) is 0 Å². The number of alkyl halides is 1. The predicted molar refractivity (Wildman–Crippen MR) is 114 cm³/mol. The highest BCUT2D eigenvalue weighted by Gasteiger charge is 1.95. The number of azo groups is 1. The second kappa shape index (κ2) is 13.8. The van der Waals surface area contributed by atoms with Gasteiger partial charge >= 0.3 is 0 Å². The van der Waals surface area contributed by atoms with Gasteiger partial charge in [-0.05, 0) is 55.5 Å². The number of nitrogens with zero attached hydrogens (tertiary/aromatic N) is 2. The maximum atomic E-state index is 4.22. The van der Waals surface area contributed by atoms with E-state index in [1.807, 2.05) is 42.5 Å². The van der Waals surface area contributed by atoms with Gasteiger partial charge in [0.05, 0.1) is 11.4 Å². The molecular formula is C22H31BrN2. The lowest BCUT2D eigenvalue weighted by atomic mass is 10.1. The molecule has 2 rings (SSSR count). The van der Waals surface area contributed by atoms with E-state index in [0.717, 1.165) is 22.6 Å². The molecule has 136 valence electrons. The molecule has 0 aliphatic heterocycles. The molecule has 1 unspecified atom stereocenters. The van der Waals surface area contributed by atoms with Crippen molar-refractivity contribution < 1.29 is 0 Å². The normalized spacial score (nSPS) is 11.8. The molecule has 0 saturated carbocycles. The van der Waals surface area contributed by atoms with Crippen molar-refractivity contribution in [3.8, 4) is 0 Å². The van der Waals surface area contributed by atoms with Crippen molar-refractivity contribution in [2.24, 2.45) is 10.2 Å². The summed E-state index contributed by atoms with van der Waals surface area (Å²) < 4.78 is 0. The van der Waals surface area contributed by atoms with Crippen LogP contribution in [0.3, 0.4) is 0 Å². The molecule has 0 aliphatic rings. The van der Waals surface area contributed by atoms with Gasteiger partial charge in [-0.1, -0.05) is 79.9 Å². The summed E-state index contributed by atoms with van der Waals surface area (Å²) in [6, 6.07) is 18.1. The summed E-state index contributed by atoms with van der Waals surface area (Å²) in [4.78, 5) is 0.762. The average Bonchev–Trinajstić information content (AvgIpc) is 2.67. The summed E-state index contributed by atoms with van der Waals surface area (Å²) in [6.45, 7) is 6.63. The molecule has 0 heterocycles. The van der Waals surface area contributed by atoms with Gasteiger partial charge < -0.3 is 0 Å². The third-order valence-electron chi connectivity index (χ3n) is 3.84. The average molecular weight is 403 g/mol. The standard InChI is InChI=1S/C16H18N2.C6H13Br/c1-2-3-7-14-10-12-16(13-11-14)18-17-15-8-5-4-6-9-15;1-3-5-6(7)4-2/h4-6,8-13H,2-3,7H2,1H3;6H,3-5H2,1-2H3. The zero-order valence-corrected chi connectivity index (χ0v) is 17.4.